The molecule has 0 amide bonds. The zero-order chi connectivity index (χ0) is 11.1. The lowest BCUT2D eigenvalue weighted by Gasteiger charge is -2.20. The molecule has 0 aromatic carbocycles. The molecule has 0 saturated heterocycles. The summed E-state index contributed by atoms with van der Waals surface area (Å²) >= 11 is 0. The van der Waals surface area contributed by atoms with Gasteiger partial charge in [0.15, 0.2) is 6.10 Å². The Hall–Kier alpha value is -1.14. The zero-order valence-electron chi connectivity index (χ0n) is 8.01. The van der Waals surface area contributed by atoms with Crippen LogP contribution in [-0.2, 0) is 9.59 Å². The predicted octanol–water partition coefficient (Wildman–Crippen LogP) is -0.772. The van der Waals surface area contributed by atoms with Crippen LogP contribution in [0.3, 0.4) is 0 Å². The molecule has 1 atom stereocenters. The summed E-state index contributed by atoms with van der Waals surface area (Å²) in [5, 5.41) is 25.8. The number of aliphatic hydroxyl groups is 1. The number of hydrogen-bond donors (Lipinski definition) is 3. The van der Waals surface area contributed by atoms with Crippen LogP contribution >= 0.6 is 0 Å². The summed E-state index contributed by atoms with van der Waals surface area (Å²) in [6.45, 7) is 2.49. The molecule has 0 aliphatic heterocycles. The molecule has 0 aliphatic rings. The SMILES string of the molecule is CCN(CCC(=O)O)CC(O)C(=O)O. The molecule has 82 valence electrons. The van der Waals surface area contributed by atoms with Gasteiger partial charge in [0.2, 0.25) is 0 Å². The average Bonchev–Trinajstić information content (AvgIpc) is 2.11. The molecular weight excluding hydrogens is 190 g/mol. The molecule has 6 heteroatoms. The topological polar surface area (TPSA) is 98.1 Å². The number of nitrogens with zero attached hydrogens (tertiary/aromatic N) is 1. The highest BCUT2D eigenvalue weighted by atomic mass is 16.4. The number of likely N-dealkylation sites (N-methyl/N-ethyl adjacent to an activating group) is 1. The molecule has 0 aromatic heterocycles. The van der Waals surface area contributed by atoms with Crippen LogP contribution in [0.2, 0.25) is 0 Å². The predicted molar refractivity (Wildman–Crippen MR) is 48.0 cm³/mol. The van der Waals surface area contributed by atoms with Crippen LogP contribution in [0.4, 0.5) is 0 Å². The van der Waals surface area contributed by atoms with Gasteiger partial charge in [-0.25, -0.2) is 4.79 Å². The second kappa shape index (κ2) is 6.33. The fourth-order valence-electron chi connectivity index (χ4n) is 0.955. The molecule has 0 saturated carbocycles. The molecule has 0 heterocycles. The van der Waals surface area contributed by atoms with Crippen molar-refractivity contribution in [1.29, 1.82) is 0 Å². The van der Waals surface area contributed by atoms with Gasteiger partial charge in [-0.05, 0) is 6.54 Å². The third-order valence-corrected chi connectivity index (χ3v) is 1.81. The molecule has 0 aromatic rings. The molecule has 0 fully saturated rings. The van der Waals surface area contributed by atoms with Crippen molar-refractivity contribution in [2.75, 3.05) is 19.6 Å². The largest absolute Gasteiger partial charge is 0.481 e. The van der Waals surface area contributed by atoms with E-state index in [1.165, 1.54) is 0 Å². The second-order valence-electron chi connectivity index (χ2n) is 2.89. The molecule has 0 bridgehead atoms. The Labute approximate surface area is 81.8 Å². The minimum Gasteiger partial charge on any atom is -0.481 e. The van der Waals surface area contributed by atoms with Gasteiger partial charge in [0, 0.05) is 13.1 Å². The van der Waals surface area contributed by atoms with Crippen molar-refractivity contribution in [2.45, 2.75) is 19.4 Å². The lowest BCUT2D eigenvalue weighted by molar-refractivity contribution is -0.147. The van der Waals surface area contributed by atoms with Gasteiger partial charge in [-0.2, -0.15) is 0 Å². The first-order valence-electron chi connectivity index (χ1n) is 4.32. The first kappa shape index (κ1) is 12.9. The van der Waals surface area contributed by atoms with Crippen LogP contribution in [0.5, 0.6) is 0 Å². The van der Waals surface area contributed by atoms with Crippen LogP contribution in [0.15, 0.2) is 0 Å². The van der Waals surface area contributed by atoms with E-state index in [0.29, 0.717) is 6.54 Å². The van der Waals surface area contributed by atoms with E-state index in [1.807, 2.05) is 0 Å². The minimum absolute atomic E-state index is 0.0425. The number of carboxylic acids is 2. The van der Waals surface area contributed by atoms with Gasteiger partial charge >= 0.3 is 11.9 Å². The monoisotopic (exact) mass is 205 g/mol. The Morgan fingerprint density at radius 3 is 2.29 bits per heavy atom. The summed E-state index contributed by atoms with van der Waals surface area (Å²) in [5.74, 6) is -2.23. The van der Waals surface area contributed by atoms with E-state index in [-0.39, 0.29) is 19.5 Å². The van der Waals surface area contributed by atoms with Crippen molar-refractivity contribution in [3.63, 3.8) is 0 Å². The standard InChI is InChI=1S/C8H15NO5/c1-2-9(4-3-7(11)12)5-6(10)8(13)14/h6,10H,2-5H2,1H3,(H,11,12)(H,13,14). The summed E-state index contributed by atoms with van der Waals surface area (Å²) in [7, 11) is 0. The maximum absolute atomic E-state index is 10.3. The Balaban J connectivity index is 3.90. The molecule has 14 heavy (non-hydrogen) atoms. The highest BCUT2D eigenvalue weighted by Crippen LogP contribution is 1.95. The Bertz CT molecular complexity index is 206. The minimum atomic E-state index is -1.45. The molecule has 6 nitrogen and oxygen atoms in total. The third kappa shape index (κ3) is 5.50. The van der Waals surface area contributed by atoms with Gasteiger partial charge in [-0.15, -0.1) is 0 Å². The van der Waals surface area contributed by atoms with Crippen LogP contribution in [0, 0.1) is 0 Å². The highest BCUT2D eigenvalue weighted by Gasteiger charge is 2.17. The quantitative estimate of drug-likeness (QED) is 0.504. The maximum Gasteiger partial charge on any atom is 0.333 e. The van der Waals surface area contributed by atoms with Gasteiger partial charge in [0.25, 0.3) is 0 Å². The number of carboxylic acid groups (broad SMARTS) is 2. The van der Waals surface area contributed by atoms with E-state index < -0.39 is 18.0 Å². The van der Waals surface area contributed by atoms with E-state index in [9.17, 15) is 9.59 Å². The first-order chi connectivity index (χ1) is 6.47. The summed E-state index contributed by atoms with van der Waals surface area (Å²) < 4.78 is 0. The smallest absolute Gasteiger partial charge is 0.333 e. The lowest BCUT2D eigenvalue weighted by Crippen LogP contribution is -2.37. The summed E-state index contributed by atoms with van der Waals surface area (Å²) in [6, 6.07) is 0. The van der Waals surface area contributed by atoms with E-state index >= 15 is 0 Å². The third-order valence-electron chi connectivity index (χ3n) is 1.81. The first-order valence-corrected chi connectivity index (χ1v) is 4.32. The Kier molecular flexibility index (Phi) is 5.82. The van der Waals surface area contributed by atoms with Gasteiger partial charge < -0.3 is 15.3 Å². The summed E-state index contributed by atoms with van der Waals surface area (Å²) in [5.41, 5.74) is 0. The zero-order valence-corrected chi connectivity index (χ0v) is 8.01. The molecule has 0 spiro atoms. The molecule has 3 N–H and O–H groups in total. The van der Waals surface area contributed by atoms with Crippen molar-refractivity contribution < 1.29 is 24.9 Å². The summed E-state index contributed by atoms with van der Waals surface area (Å²) in [6.07, 6.45) is -1.51. The van der Waals surface area contributed by atoms with Crippen LogP contribution in [0.25, 0.3) is 0 Å². The van der Waals surface area contributed by atoms with Crippen LogP contribution in [-0.4, -0.2) is 57.9 Å². The molecule has 0 aliphatic carbocycles. The van der Waals surface area contributed by atoms with Crippen LogP contribution in [0.1, 0.15) is 13.3 Å². The average molecular weight is 205 g/mol. The van der Waals surface area contributed by atoms with E-state index in [4.69, 9.17) is 15.3 Å². The fourth-order valence-corrected chi connectivity index (χ4v) is 0.955. The summed E-state index contributed by atoms with van der Waals surface area (Å²) in [4.78, 5) is 22.1. The van der Waals surface area contributed by atoms with E-state index in [0.717, 1.165) is 0 Å². The number of hydrogen-bond acceptors (Lipinski definition) is 4. The highest BCUT2D eigenvalue weighted by molar-refractivity contribution is 5.72. The van der Waals surface area contributed by atoms with Crippen LogP contribution < -0.4 is 0 Å². The fraction of sp³-hybridized carbons (Fsp3) is 0.750. The van der Waals surface area contributed by atoms with Gasteiger partial charge in [0.1, 0.15) is 0 Å². The number of aliphatic hydroxyl groups excluding tert-OH is 1. The maximum atomic E-state index is 10.3. The van der Waals surface area contributed by atoms with Gasteiger partial charge in [-0.3, -0.25) is 9.69 Å². The van der Waals surface area contributed by atoms with Crippen molar-refractivity contribution in [2.24, 2.45) is 0 Å². The van der Waals surface area contributed by atoms with Crippen molar-refractivity contribution in [3.05, 3.63) is 0 Å². The second-order valence-corrected chi connectivity index (χ2v) is 2.89. The van der Waals surface area contributed by atoms with E-state index in [1.54, 1.807) is 11.8 Å². The number of aliphatic carboxylic acids is 2. The number of rotatable bonds is 7. The van der Waals surface area contributed by atoms with E-state index in [2.05, 4.69) is 0 Å². The number of carbonyl (C=O) groups is 2. The normalized spacial score (nSPS) is 12.8. The van der Waals surface area contributed by atoms with Gasteiger partial charge in [-0.1, -0.05) is 6.92 Å². The van der Waals surface area contributed by atoms with Crippen molar-refractivity contribution in [3.8, 4) is 0 Å². The molecule has 1 unspecified atom stereocenters. The van der Waals surface area contributed by atoms with Gasteiger partial charge in [0.05, 0.1) is 6.42 Å². The molecular formula is C8H15NO5. The van der Waals surface area contributed by atoms with Crippen molar-refractivity contribution in [1.82, 2.24) is 4.90 Å². The molecule has 0 rings (SSSR count). The lowest BCUT2D eigenvalue weighted by atomic mass is 10.3. The van der Waals surface area contributed by atoms with Crippen molar-refractivity contribution >= 4 is 11.9 Å². The Morgan fingerprint density at radius 2 is 1.93 bits per heavy atom. The molecule has 0 radical (unpaired) electrons. The Morgan fingerprint density at radius 1 is 1.36 bits per heavy atom.